The van der Waals surface area contributed by atoms with Crippen LogP contribution in [0.5, 0.6) is 0 Å². The number of carbonyl (C=O) groups is 2. The molecule has 1 atom stereocenters. The topological polar surface area (TPSA) is 73.6 Å². The minimum Gasteiger partial charge on any atom is -0.468 e. The summed E-state index contributed by atoms with van der Waals surface area (Å²) in [6.45, 7) is 3.07. The Bertz CT molecular complexity index is 1350. The number of carbonyl (C=O) groups excluding carboxylic acids is 2. The summed E-state index contributed by atoms with van der Waals surface area (Å²) in [4.78, 5) is 30.4. The van der Waals surface area contributed by atoms with Crippen molar-refractivity contribution >= 4 is 45.9 Å². The fourth-order valence-corrected chi connectivity index (χ4v) is 5.39. The lowest BCUT2D eigenvalue weighted by molar-refractivity contribution is -0.141. The number of benzene rings is 3. The third-order valence-electron chi connectivity index (χ3n) is 7.15. The number of piperidine rings is 1. The summed E-state index contributed by atoms with van der Waals surface area (Å²) < 4.78 is 4.94. The summed E-state index contributed by atoms with van der Waals surface area (Å²) in [6.07, 6.45) is 4.41. The molecular formula is C30H31Cl2N3O3. The summed E-state index contributed by atoms with van der Waals surface area (Å²) in [5.74, 6) is -0.930. The summed E-state index contributed by atoms with van der Waals surface area (Å²) >= 11 is 12.6. The monoisotopic (exact) mass is 551 g/mol. The van der Waals surface area contributed by atoms with Crippen LogP contribution in [0.25, 0.3) is 10.8 Å². The molecule has 4 rings (SSSR count). The molecule has 6 nitrogen and oxygen atoms in total. The average molecular weight is 553 g/mol. The number of methoxy groups -OCH3 is 1. The van der Waals surface area contributed by atoms with Crippen molar-refractivity contribution in [2.75, 3.05) is 39.8 Å². The molecule has 1 unspecified atom stereocenters. The second kappa shape index (κ2) is 13.1. The number of fused-ring (bicyclic) bond motifs is 1. The Morgan fingerprint density at radius 1 is 1.05 bits per heavy atom. The van der Waals surface area contributed by atoms with E-state index in [9.17, 15) is 14.9 Å². The maximum Gasteiger partial charge on any atom is 0.325 e. The molecule has 0 N–H and O–H groups in total. The highest BCUT2D eigenvalue weighted by Crippen LogP contribution is 2.30. The number of hydrogen-bond acceptors (Lipinski definition) is 5. The van der Waals surface area contributed by atoms with E-state index in [1.807, 2.05) is 36.4 Å². The van der Waals surface area contributed by atoms with E-state index in [-0.39, 0.29) is 24.9 Å². The van der Waals surface area contributed by atoms with Crippen molar-refractivity contribution in [3.05, 3.63) is 81.3 Å². The lowest BCUT2D eigenvalue weighted by atomic mass is 9.93. The number of hydrogen-bond donors (Lipinski definition) is 0. The van der Waals surface area contributed by atoms with Gasteiger partial charge in [0.05, 0.1) is 28.8 Å². The smallest absolute Gasteiger partial charge is 0.325 e. The molecule has 3 aromatic carbocycles. The van der Waals surface area contributed by atoms with E-state index in [1.165, 1.54) is 31.3 Å². The molecule has 0 bridgehead atoms. The van der Waals surface area contributed by atoms with E-state index >= 15 is 0 Å². The van der Waals surface area contributed by atoms with Gasteiger partial charge in [0.25, 0.3) is 5.91 Å². The van der Waals surface area contributed by atoms with Gasteiger partial charge in [-0.05, 0) is 79.5 Å². The van der Waals surface area contributed by atoms with Gasteiger partial charge in [-0.1, -0.05) is 60.0 Å². The third-order valence-corrected chi connectivity index (χ3v) is 7.89. The fraction of sp³-hybridized carbons (Fsp3) is 0.367. The normalized spacial score (nSPS) is 14.6. The van der Waals surface area contributed by atoms with Gasteiger partial charge in [-0.2, -0.15) is 5.26 Å². The third kappa shape index (κ3) is 6.85. The number of halogens is 2. The summed E-state index contributed by atoms with van der Waals surface area (Å²) in [6, 6.07) is 18.5. The highest BCUT2D eigenvalue weighted by Gasteiger charge is 2.26. The van der Waals surface area contributed by atoms with Crippen molar-refractivity contribution < 1.29 is 14.3 Å². The minimum absolute atomic E-state index is 0.0919. The predicted molar refractivity (Wildman–Crippen MR) is 151 cm³/mol. The first-order valence-corrected chi connectivity index (χ1v) is 13.6. The largest absolute Gasteiger partial charge is 0.468 e. The molecule has 1 saturated heterocycles. The van der Waals surface area contributed by atoms with Crippen LogP contribution in [0.15, 0.2) is 54.6 Å². The number of ether oxygens (including phenoxy) is 1. The molecular weight excluding hydrogens is 521 g/mol. The van der Waals surface area contributed by atoms with Gasteiger partial charge >= 0.3 is 5.97 Å². The number of nitriles is 1. The van der Waals surface area contributed by atoms with Crippen molar-refractivity contribution in [3.63, 3.8) is 0 Å². The highest BCUT2D eigenvalue weighted by atomic mass is 35.5. The van der Waals surface area contributed by atoms with Gasteiger partial charge in [0.1, 0.15) is 6.54 Å². The van der Waals surface area contributed by atoms with Gasteiger partial charge in [0, 0.05) is 18.0 Å². The molecule has 1 heterocycles. The lowest BCUT2D eigenvalue weighted by Gasteiger charge is -2.31. The van der Waals surface area contributed by atoms with Crippen LogP contribution in [-0.4, -0.2) is 61.5 Å². The number of nitrogens with zero attached hydrogens (tertiary/aromatic N) is 3. The zero-order valence-electron chi connectivity index (χ0n) is 21.5. The summed E-state index contributed by atoms with van der Waals surface area (Å²) in [5.41, 5.74) is 1.72. The van der Waals surface area contributed by atoms with Gasteiger partial charge in [-0.25, -0.2) is 0 Å². The van der Waals surface area contributed by atoms with E-state index < -0.39 is 5.97 Å². The Kier molecular flexibility index (Phi) is 9.63. The number of esters is 1. The number of likely N-dealkylation sites (tertiary alicyclic amines) is 1. The molecule has 0 aliphatic carbocycles. The van der Waals surface area contributed by atoms with Crippen LogP contribution in [0.3, 0.4) is 0 Å². The van der Waals surface area contributed by atoms with Gasteiger partial charge < -0.3 is 14.5 Å². The summed E-state index contributed by atoms with van der Waals surface area (Å²) in [7, 11) is 1.31. The number of amides is 1. The quantitative estimate of drug-likeness (QED) is 0.292. The van der Waals surface area contributed by atoms with Gasteiger partial charge in [0.2, 0.25) is 0 Å². The molecule has 198 valence electrons. The average Bonchev–Trinajstić information content (AvgIpc) is 2.95. The fourth-order valence-electron chi connectivity index (χ4n) is 5.08. The van der Waals surface area contributed by atoms with Crippen LogP contribution in [0, 0.1) is 11.3 Å². The van der Waals surface area contributed by atoms with Crippen molar-refractivity contribution in [1.82, 2.24) is 9.80 Å². The van der Waals surface area contributed by atoms with E-state index in [4.69, 9.17) is 27.9 Å². The number of rotatable bonds is 9. The van der Waals surface area contributed by atoms with Crippen molar-refractivity contribution in [2.24, 2.45) is 0 Å². The predicted octanol–water partition coefficient (Wildman–Crippen LogP) is 6.29. The zero-order valence-corrected chi connectivity index (χ0v) is 23.0. The SMILES string of the molecule is COC(=O)CN(CC(CCN1CCCCC1)c1ccc(Cl)c(Cl)c1)C(=O)c1cc(C#N)cc2ccccc12. The zero-order chi connectivity index (χ0) is 27.1. The van der Waals surface area contributed by atoms with E-state index in [0.717, 1.165) is 42.4 Å². The molecule has 3 aromatic rings. The molecule has 1 amide bonds. The molecule has 38 heavy (non-hydrogen) atoms. The van der Waals surface area contributed by atoms with Gasteiger partial charge in [0.15, 0.2) is 0 Å². The minimum atomic E-state index is -0.511. The second-order valence-electron chi connectivity index (χ2n) is 9.68. The first-order chi connectivity index (χ1) is 18.4. The lowest BCUT2D eigenvalue weighted by Crippen LogP contribution is -2.40. The van der Waals surface area contributed by atoms with Crippen LogP contribution >= 0.6 is 23.2 Å². The van der Waals surface area contributed by atoms with E-state index in [1.54, 1.807) is 18.2 Å². The van der Waals surface area contributed by atoms with Crippen molar-refractivity contribution in [2.45, 2.75) is 31.6 Å². The molecule has 0 aromatic heterocycles. The van der Waals surface area contributed by atoms with Gasteiger partial charge in [-0.15, -0.1) is 0 Å². The molecule has 8 heteroatoms. The van der Waals surface area contributed by atoms with E-state index in [2.05, 4.69) is 11.0 Å². The van der Waals surface area contributed by atoms with Crippen LogP contribution in [0.4, 0.5) is 0 Å². The molecule has 0 saturated carbocycles. The highest BCUT2D eigenvalue weighted by molar-refractivity contribution is 6.42. The first kappa shape index (κ1) is 27.9. The Labute approximate surface area is 233 Å². The van der Waals surface area contributed by atoms with Crippen LogP contribution in [-0.2, 0) is 9.53 Å². The second-order valence-corrected chi connectivity index (χ2v) is 10.5. The molecule has 0 spiro atoms. The molecule has 1 fully saturated rings. The van der Waals surface area contributed by atoms with Gasteiger partial charge in [-0.3, -0.25) is 9.59 Å². The Balaban J connectivity index is 1.69. The Morgan fingerprint density at radius 3 is 2.53 bits per heavy atom. The maximum atomic E-state index is 14.0. The standard InChI is InChI=1S/C30H31Cl2N3O3/c1-38-29(36)20-35(30(37)26-16-21(18-33)15-23-7-3-4-8-25(23)26)19-24(11-14-34-12-5-2-6-13-34)22-9-10-27(31)28(32)17-22/h3-4,7-10,15-17,24H,2,5-6,11-14,19-20H2,1H3. The van der Waals surface area contributed by atoms with E-state index in [0.29, 0.717) is 21.2 Å². The van der Waals surface area contributed by atoms with Crippen LogP contribution in [0.2, 0.25) is 10.0 Å². The maximum absolute atomic E-state index is 14.0. The Hall–Kier alpha value is -3.11. The molecule has 0 radical (unpaired) electrons. The Morgan fingerprint density at radius 2 is 1.82 bits per heavy atom. The molecule has 1 aliphatic heterocycles. The first-order valence-electron chi connectivity index (χ1n) is 12.9. The van der Waals surface area contributed by atoms with Crippen molar-refractivity contribution in [1.29, 1.82) is 5.26 Å². The van der Waals surface area contributed by atoms with Crippen molar-refractivity contribution in [3.8, 4) is 6.07 Å². The summed E-state index contributed by atoms with van der Waals surface area (Å²) in [5, 5.41) is 12.0. The van der Waals surface area contributed by atoms with Crippen LogP contribution < -0.4 is 0 Å². The molecule has 1 aliphatic rings. The van der Waals surface area contributed by atoms with Crippen LogP contribution in [0.1, 0.15) is 53.1 Å².